The topological polar surface area (TPSA) is 36.3 Å². The van der Waals surface area contributed by atoms with Crippen molar-refractivity contribution < 1.29 is 4.74 Å². The van der Waals surface area contributed by atoms with Gasteiger partial charge in [0.25, 0.3) is 0 Å². The van der Waals surface area contributed by atoms with Crippen LogP contribution in [-0.4, -0.2) is 23.6 Å². The van der Waals surface area contributed by atoms with Crippen LogP contribution in [0.4, 0.5) is 0 Å². The fourth-order valence-corrected chi connectivity index (χ4v) is 3.26. The minimum absolute atomic E-state index is 0.0230. The molecule has 1 aliphatic rings. The predicted molar refractivity (Wildman–Crippen MR) is 95.8 cm³/mol. The first-order chi connectivity index (χ1) is 11.5. The molecule has 1 saturated heterocycles. The molecule has 1 atom stereocenters. The van der Waals surface area contributed by atoms with Crippen molar-refractivity contribution in [1.29, 1.82) is 5.26 Å². The summed E-state index contributed by atoms with van der Waals surface area (Å²) in [5.74, 6) is 0. The largest absolute Gasteiger partial charge is 0.370 e. The van der Waals surface area contributed by atoms with Gasteiger partial charge in [-0.15, -0.1) is 0 Å². The molecular weight excluding hydrogens is 320 g/mol. The lowest BCUT2D eigenvalue weighted by Crippen LogP contribution is -2.53. The van der Waals surface area contributed by atoms with Gasteiger partial charge in [-0.25, -0.2) is 0 Å². The highest BCUT2D eigenvalue weighted by Gasteiger charge is 2.36. The van der Waals surface area contributed by atoms with E-state index < -0.39 is 0 Å². The molecule has 24 heavy (non-hydrogen) atoms. The highest BCUT2D eigenvalue weighted by atomic mass is 35.5. The second-order valence-electron chi connectivity index (χ2n) is 6.82. The Balaban J connectivity index is 1.79. The fraction of sp³-hybridized carbons (Fsp3) is 0.350. The number of hydrogen-bond donors (Lipinski definition) is 0. The van der Waals surface area contributed by atoms with Crippen LogP contribution in [0.1, 0.15) is 36.6 Å². The van der Waals surface area contributed by atoms with Crippen LogP contribution in [0.15, 0.2) is 48.5 Å². The van der Waals surface area contributed by atoms with Gasteiger partial charge in [-0.3, -0.25) is 4.90 Å². The molecule has 0 aromatic heterocycles. The van der Waals surface area contributed by atoms with E-state index in [2.05, 4.69) is 24.8 Å². The first kappa shape index (κ1) is 17.0. The van der Waals surface area contributed by atoms with Gasteiger partial charge in [0.05, 0.1) is 24.3 Å². The van der Waals surface area contributed by atoms with Gasteiger partial charge in [-0.1, -0.05) is 41.9 Å². The lowest BCUT2D eigenvalue weighted by molar-refractivity contribution is -0.104. The first-order valence-electron chi connectivity index (χ1n) is 8.10. The Morgan fingerprint density at radius 2 is 1.92 bits per heavy atom. The Kier molecular flexibility index (Phi) is 4.91. The molecular formula is C20H21ClN2O. The van der Waals surface area contributed by atoms with Crippen molar-refractivity contribution in [3.63, 3.8) is 0 Å². The van der Waals surface area contributed by atoms with Crippen molar-refractivity contribution in [2.75, 3.05) is 13.2 Å². The zero-order valence-corrected chi connectivity index (χ0v) is 14.8. The van der Waals surface area contributed by atoms with E-state index in [4.69, 9.17) is 21.6 Å². The van der Waals surface area contributed by atoms with Gasteiger partial charge in [-0.05, 0) is 37.6 Å². The Labute approximate surface area is 148 Å². The molecule has 3 nitrogen and oxygen atoms in total. The van der Waals surface area contributed by atoms with E-state index in [9.17, 15) is 0 Å². The Bertz CT molecular complexity index is 749. The monoisotopic (exact) mass is 340 g/mol. The van der Waals surface area contributed by atoms with Crippen molar-refractivity contribution in [3.8, 4) is 6.07 Å². The summed E-state index contributed by atoms with van der Waals surface area (Å²) in [4.78, 5) is 2.42. The standard InChI is InChI=1S/C20H21ClN2O/c1-20(2)14-24-19(17-5-3-4-6-18(17)21)13-23(20)12-16-9-7-15(11-22)8-10-16/h3-10,19H,12-14H2,1-2H3/t19-/m0/s1. The van der Waals surface area contributed by atoms with E-state index in [1.807, 2.05) is 48.5 Å². The van der Waals surface area contributed by atoms with Gasteiger partial charge in [0.2, 0.25) is 0 Å². The summed E-state index contributed by atoms with van der Waals surface area (Å²) >= 11 is 6.34. The number of nitriles is 1. The zero-order chi connectivity index (χ0) is 17.2. The molecule has 0 spiro atoms. The maximum Gasteiger partial charge on any atom is 0.0991 e. The highest BCUT2D eigenvalue weighted by Crippen LogP contribution is 2.34. The van der Waals surface area contributed by atoms with E-state index in [-0.39, 0.29) is 11.6 Å². The van der Waals surface area contributed by atoms with Crippen LogP contribution in [0, 0.1) is 11.3 Å². The molecule has 0 bridgehead atoms. The van der Waals surface area contributed by atoms with Crippen molar-refractivity contribution >= 4 is 11.6 Å². The molecule has 1 aliphatic heterocycles. The van der Waals surface area contributed by atoms with Crippen LogP contribution in [0.2, 0.25) is 5.02 Å². The van der Waals surface area contributed by atoms with Gasteiger partial charge < -0.3 is 4.74 Å². The molecule has 124 valence electrons. The molecule has 4 heteroatoms. The van der Waals surface area contributed by atoms with Crippen molar-refractivity contribution in [2.45, 2.75) is 32.0 Å². The lowest BCUT2D eigenvalue weighted by atomic mass is 9.97. The summed E-state index contributed by atoms with van der Waals surface area (Å²) in [6.07, 6.45) is -0.0230. The maximum absolute atomic E-state index is 8.93. The average molecular weight is 341 g/mol. The lowest BCUT2D eigenvalue weighted by Gasteiger charge is -2.45. The summed E-state index contributed by atoms with van der Waals surface area (Å²) in [5, 5.41) is 9.68. The number of ether oxygens (including phenoxy) is 1. The molecule has 0 unspecified atom stereocenters. The Morgan fingerprint density at radius 3 is 2.58 bits per heavy atom. The van der Waals surface area contributed by atoms with Crippen LogP contribution in [0.5, 0.6) is 0 Å². The van der Waals surface area contributed by atoms with E-state index in [1.54, 1.807) is 0 Å². The molecule has 0 amide bonds. The molecule has 0 saturated carbocycles. The van der Waals surface area contributed by atoms with Gasteiger partial charge >= 0.3 is 0 Å². The quantitative estimate of drug-likeness (QED) is 0.821. The van der Waals surface area contributed by atoms with Crippen LogP contribution in [0.25, 0.3) is 0 Å². The molecule has 1 fully saturated rings. The molecule has 1 heterocycles. The molecule has 2 aromatic carbocycles. The number of rotatable bonds is 3. The zero-order valence-electron chi connectivity index (χ0n) is 14.0. The van der Waals surface area contributed by atoms with E-state index in [1.165, 1.54) is 5.56 Å². The van der Waals surface area contributed by atoms with Crippen molar-refractivity contribution in [1.82, 2.24) is 4.90 Å². The third-order valence-corrected chi connectivity index (χ3v) is 4.93. The fourth-order valence-electron chi connectivity index (χ4n) is 3.00. The van der Waals surface area contributed by atoms with Gasteiger partial charge in [-0.2, -0.15) is 5.26 Å². The highest BCUT2D eigenvalue weighted by molar-refractivity contribution is 6.31. The van der Waals surface area contributed by atoms with Crippen molar-refractivity contribution in [3.05, 3.63) is 70.2 Å². The molecule has 0 aliphatic carbocycles. The number of benzene rings is 2. The third kappa shape index (κ3) is 3.62. The third-order valence-electron chi connectivity index (χ3n) is 4.59. The number of hydrogen-bond acceptors (Lipinski definition) is 3. The van der Waals surface area contributed by atoms with Crippen LogP contribution >= 0.6 is 11.6 Å². The summed E-state index contributed by atoms with van der Waals surface area (Å²) < 4.78 is 6.10. The number of nitrogens with zero attached hydrogens (tertiary/aromatic N) is 2. The molecule has 3 rings (SSSR count). The maximum atomic E-state index is 8.93. The van der Waals surface area contributed by atoms with Crippen molar-refractivity contribution in [2.24, 2.45) is 0 Å². The second kappa shape index (κ2) is 6.94. The van der Waals surface area contributed by atoms with E-state index >= 15 is 0 Å². The summed E-state index contributed by atoms with van der Waals surface area (Å²) in [6, 6.07) is 17.8. The average Bonchev–Trinajstić information content (AvgIpc) is 2.58. The Morgan fingerprint density at radius 1 is 1.21 bits per heavy atom. The minimum Gasteiger partial charge on any atom is -0.370 e. The SMILES string of the molecule is CC1(C)CO[C@H](c2ccccc2Cl)CN1Cc1ccc(C#N)cc1. The normalized spacial score (nSPS) is 20.5. The summed E-state index contributed by atoms with van der Waals surface area (Å²) in [5.41, 5.74) is 2.88. The van der Waals surface area contributed by atoms with E-state index in [0.717, 1.165) is 23.7 Å². The van der Waals surface area contributed by atoms with E-state index in [0.29, 0.717) is 12.2 Å². The Hall–Kier alpha value is -1.86. The van der Waals surface area contributed by atoms with Gasteiger partial charge in [0.15, 0.2) is 0 Å². The smallest absolute Gasteiger partial charge is 0.0991 e. The number of halogens is 1. The summed E-state index contributed by atoms with van der Waals surface area (Å²) in [6.45, 7) is 6.65. The first-order valence-corrected chi connectivity index (χ1v) is 8.47. The molecule has 0 N–H and O–H groups in total. The number of morpholine rings is 1. The molecule has 2 aromatic rings. The van der Waals surface area contributed by atoms with Gasteiger partial charge in [0, 0.05) is 29.2 Å². The van der Waals surface area contributed by atoms with Gasteiger partial charge in [0.1, 0.15) is 0 Å². The molecule has 0 radical (unpaired) electrons. The summed E-state index contributed by atoms with van der Waals surface area (Å²) in [7, 11) is 0. The predicted octanol–water partition coefficient (Wildman–Crippen LogP) is 4.56. The minimum atomic E-state index is -0.0499. The van der Waals surface area contributed by atoms with Crippen LogP contribution < -0.4 is 0 Å². The van der Waals surface area contributed by atoms with Crippen LogP contribution in [-0.2, 0) is 11.3 Å². The second-order valence-corrected chi connectivity index (χ2v) is 7.23. The van der Waals surface area contributed by atoms with Crippen LogP contribution in [0.3, 0.4) is 0 Å².